The normalized spacial score (nSPS) is 28.2. The van der Waals surface area contributed by atoms with Gasteiger partial charge in [0.25, 0.3) is 0 Å². The summed E-state index contributed by atoms with van der Waals surface area (Å²) >= 11 is 0. The predicted octanol–water partition coefficient (Wildman–Crippen LogP) is 2.15. The van der Waals surface area contributed by atoms with Crippen LogP contribution in [-0.4, -0.2) is 28.9 Å². The van der Waals surface area contributed by atoms with Gasteiger partial charge in [0.1, 0.15) is 0 Å². The average Bonchev–Trinajstić information content (AvgIpc) is 2.16. The van der Waals surface area contributed by atoms with Gasteiger partial charge in [-0.2, -0.15) is 0 Å². The summed E-state index contributed by atoms with van der Waals surface area (Å²) < 4.78 is 0. The van der Waals surface area contributed by atoms with Crippen LogP contribution < -0.4 is 5.73 Å². The molecule has 94 valence electrons. The van der Waals surface area contributed by atoms with E-state index in [2.05, 4.69) is 27.7 Å². The van der Waals surface area contributed by atoms with Gasteiger partial charge in [0.05, 0.1) is 0 Å². The lowest BCUT2D eigenvalue weighted by atomic mass is 9.95. The fourth-order valence-electron chi connectivity index (χ4n) is 2.46. The van der Waals surface area contributed by atoms with Gasteiger partial charge >= 0.3 is 0 Å². The summed E-state index contributed by atoms with van der Waals surface area (Å²) in [4.78, 5) is 14.2. The Kier molecular flexibility index (Phi) is 4.78. The van der Waals surface area contributed by atoms with Crippen LogP contribution in [-0.2, 0) is 4.79 Å². The zero-order valence-corrected chi connectivity index (χ0v) is 11.1. The van der Waals surface area contributed by atoms with Crippen LogP contribution in [0.4, 0.5) is 0 Å². The highest BCUT2D eigenvalue weighted by Crippen LogP contribution is 2.23. The maximum atomic E-state index is 12.2. The van der Waals surface area contributed by atoms with Crippen molar-refractivity contribution in [2.75, 3.05) is 0 Å². The Bertz CT molecular complexity index is 230. The van der Waals surface area contributed by atoms with Gasteiger partial charge in [0.2, 0.25) is 5.91 Å². The molecule has 3 nitrogen and oxygen atoms in total. The molecule has 0 aromatic rings. The minimum atomic E-state index is -0.00572. The largest absolute Gasteiger partial charge is 0.337 e. The molecule has 16 heavy (non-hydrogen) atoms. The minimum absolute atomic E-state index is 0.00572. The van der Waals surface area contributed by atoms with Gasteiger partial charge in [-0.25, -0.2) is 0 Å². The molecule has 3 atom stereocenters. The molecule has 1 heterocycles. The lowest BCUT2D eigenvalue weighted by Crippen LogP contribution is -2.49. The maximum Gasteiger partial charge on any atom is 0.224 e. The number of likely N-dealkylation sites (tertiary alicyclic amines) is 1. The number of amides is 1. The molecule has 0 aromatic heterocycles. The van der Waals surface area contributed by atoms with E-state index < -0.39 is 0 Å². The topological polar surface area (TPSA) is 46.3 Å². The second-order valence-corrected chi connectivity index (χ2v) is 5.54. The quantitative estimate of drug-likeness (QED) is 0.801. The molecule has 1 amide bonds. The third-order valence-corrected chi connectivity index (χ3v) is 3.75. The fourth-order valence-corrected chi connectivity index (χ4v) is 2.46. The van der Waals surface area contributed by atoms with Gasteiger partial charge in [-0.05, 0) is 39.0 Å². The molecule has 1 fully saturated rings. The summed E-state index contributed by atoms with van der Waals surface area (Å²) in [6.07, 6.45) is 3.99. The fraction of sp³-hybridized carbons (Fsp3) is 0.923. The highest BCUT2D eigenvalue weighted by molar-refractivity contribution is 5.77. The van der Waals surface area contributed by atoms with Crippen molar-refractivity contribution in [3.63, 3.8) is 0 Å². The molecule has 0 saturated carbocycles. The first-order chi connectivity index (χ1) is 7.43. The van der Waals surface area contributed by atoms with E-state index in [0.717, 1.165) is 12.8 Å². The van der Waals surface area contributed by atoms with Crippen LogP contribution in [0.15, 0.2) is 0 Å². The van der Waals surface area contributed by atoms with E-state index in [4.69, 9.17) is 5.73 Å². The third kappa shape index (κ3) is 3.21. The van der Waals surface area contributed by atoms with E-state index in [1.54, 1.807) is 0 Å². The molecular formula is C13H26N2O. The number of carbonyl (C=O) groups is 1. The number of nitrogens with two attached hydrogens (primary N) is 1. The Labute approximate surface area is 99.4 Å². The standard InChI is InChI=1S/C13H26N2O/c1-9(2)12(14)8-13(16)15-10(3)6-5-7-11(15)4/h9-12H,5-8,14H2,1-4H3/t10-,11+,12?. The Morgan fingerprint density at radius 3 is 2.25 bits per heavy atom. The molecule has 1 saturated heterocycles. The Balaban J connectivity index is 2.57. The van der Waals surface area contributed by atoms with Crippen LogP contribution in [0.2, 0.25) is 0 Å². The van der Waals surface area contributed by atoms with Gasteiger partial charge < -0.3 is 10.6 Å². The average molecular weight is 226 g/mol. The van der Waals surface area contributed by atoms with Gasteiger partial charge in [-0.1, -0.05) is 13.8 Å². The molecule has 0 aromatic carbocycles. The number of nitrogens with zero attached hydrogens (tertiary/aromatic N) is 1. The third-order valence-electron chi connectivity index (χ3n) is 3.75. The smallest absolute Gasteiger partial charge is 0.224 e. The first kappa shape index (κ1) is 13.5. The number of hydrogen-bond donors (Lipinski definition) is 1. The van der Waals surface area contributed by atoms with Gasteiger partial charge in [-0.3, -0.25) is 4.79 Å². The van der Waals surface area contributed by atoms with Crippen LogP contribution in [0.5, 0.6) is 0 Å². The Hall–Kier alpha value is -0.570. The van der Waals surface area contributed by atoms with Crippen LogP contribution in [0.25, 0.3) is 0 Å². The van der Waals surface area contributed by atoms with Crippen LogP contribution in [0.1, 0.15) is 53.4 Å². The van der Waals surface area contributed by atoms with Crippen LogP contribution in [0, 0.1) is 5.92 Å². The molecule has 0 spiro atoms. The Morgan fingerprint density at radius 2 is 1.81 bits per heavy atom. The van der Waals surface area contributed by atoms with Gasteiger partial charge in [0.15, 0.2) is 0 Å². The van der Waals surface area contributed by atoms with Crippen molar-refractivity contribution < 1.29 is 4.79 Å². The minimum Gasteiger partial charge on any atom is -0.337 e. The van der Waals surface area contributed by atoms with Crippen LogP contribution >= 0.6 is 0 Å². The molecule has 3 heteroatoms. The molecule has 1 aliphatic heterocycles. The molecule has 0 bridgehead atoms. The number of carbonyl (C=O) groups excluding carboxylic acids is 1. The number of piperidine rings is 1. The summed E-state index contributed by atoms with van der Waals surface area (Å²) in [5.74, 6) is 0.611. The van der Waals surface area contributed by atoms with Crippen molar-refractivity contribution in [2.45, 2.75) is 71.5 Å². The summed E-state index contributed by atoms with van der Waals surface area (Å²) in [7, 11) is 0. The second-order valence-electron chi connectivity index (χ2n) is 5.54. The zero-order valence-electron chi connectivity index (χ0n) is 11.1. The predicted molar refractivity (Wildman–Crippen MR) is 67.1 cm³/mol. The molecular weight excluding hydrogens is 200 g/mol. The van der Waals surface area contributed by atoms with E-state index >= 15 is 0 Å². The molecule has 0 radical (unpaired) electrons. The summed E-state index contributed by atoms with van der Waals surface area (Å²) in [6, 6.07) is 0.764. The van der Waals surface area contributed by atoms with E-state index in [-0.39, 0.29) is 11.9 Å². The SMILES string of the molecule is CC(C)C(N)CC(=O)N1[C@H](C)CCC[C@@H]1C. The number of hydrogen-bond acceptors (Lipinski definition) is 2. The van der Waals surface area contributed by atoms with Crippen molar-refractivity contribution in [1.82, 2.24) is 4.90 Å². The Morgan fingerprint density at radius 1 is 1.31 bits per heavy atom. The van der Waals surface area contributed by atoms with Crippen molar-refractivity contribution in [3.05, 3.63) is 0 Å². The van der Waals surface area contributed by atoms with Crippen molar-refractivity contribution in [1.29, 1.82) is 0 Å². The second kappa shape index (κ2) is 5.67. The first-order valence-electron chi connectivity index (χ1n) is 6.50. The lowest BCUT2D eigenvalue weighted by molar-refractivity contribution is -0.137. The summed E-state index contributed by atoms with van der Waals surface area (Å²) in [6.45, 7) is 8.44. The lowest BCUT2D eigenvalue weighted by Gasteiger charge is -2.39. The van der Waals surface area contributed by atoms with Crippen molar-refractivity contribution in [2.24, 2.45) is 11.7 Å². The monoisotopic (exact) mass is 226 g/mol. The highest BCUT2D eigenvalue weighted by Gasteiger charge is 2.29. The molecule has 1 unspecified atom stereocenters. The van der Waals surface area contributed by atoms with Gasteiger partial charge in [-0.15, -0.1) is 0 Å². The first-order valence-corrected chi connectivity index (χ1v) is 6.50. The van der Waals surface area contributed by atoms with E-state index in [1.165, 1.54) is 6.42 Å². The van der Waals surface area contributed by atoms with Crippen LogP contribution in [0.3, 0.4) is 0 Å². The zero-order chi connectivity index (χ0) is 12.3. The number of rotatable bonds is 3. The summed E-state index contributed by atoms with van der Waals surface area (Å²) in [5.41, 5.74) is 5.97. The van der Waals surface area contributed by atoms with E-state index in [0.29, 0.717) is 24.4 Å². The highest BCUT2D eigenvalue weighted by atomic mass is 16.2. The maximum absolute atomic E-state index is 12.2. The molecule has 2 N–H and O–H groups in total. The van der Waals surface area contributed by atoms with Gasteiger partial charge in [0, 0.05) is 24.5 Å². The summed E-state index contributed by atoms with van der Waals surface area (Å²) in [5, 5.41) is 0. The molecule has 1 aliphatic rings. The van der Waals surface area contributed by atoms with E-state index in [9.17, 15) is 4.79 Å². The van der Waals surface area contributed by atoms with E-state index in [1.807, 2.05) is 4.90 Å². The van der Waals surface area contributed by atoms with Crippen molar-refractivity contribution in [3.8, 4) is 0 Å². The molecule has 1 rings (SSSR count). The van der Waals surface area contributed by atoms with Crippen molar-refractivity contribution >= 4 is 5.91 Å². The molecule has 0 aliphatic carbocycles.